The minimum atomic E-state index is -3.78. The van der Waals surface area contributed by atoms with Gasteiger partial charge in [0.05, 0.1) is 10.9 Å². The molecule has 1 aliphatic heterocycles. The summed E-state index contributed by atoms with van der Waals surface area (Å²) in [4.78, 5) is 26.1. The predicted octanol–water partition coefficient (Wildman–Crippen LogP) is 3.79. The Morgan fingerprint density at radius 2 is 1.72 bits per heavy atom. The normalized spacial score (nSPS) is 16.5. The fourth-order valence-electron chi connectivity index (χ4n) is 3.84. The summed E-state index contributed by atoms with van der Waals surface area (Å²) in [5.74, 6) is -2.68. The molecule has 1 heterocycles. The van der Waals surface area contributed by atoms with Crippen LogP contribution in [0.3, 0.4) is 0 Å². The first kappa shape index (κ1) is 24.0. The van der Waals surface area contributed by atoms with E-state index >= 15 is 0 Å². The van der Waals surface area contributed by atoms with Gasteiger partial charge in [-0.05, 0) is 56.5 Å². The molecule has 32 heavy (non-hydrogen) atoms. The van der Waals surface area contributed by atoms with Crippen LogP contribution in [0.5, 0.6) is 0 Å². The van der Waals surface area contributed by atoms with Gasteiger partial charge in [-0.15, -0.1) is 0 Å². The molecule has 1 saturated heterocycles. The average Bonchev–Trinajstić information content (AvgIpc) is 2.79. The second-order valence-corrected chi connectivity index (χ2v) is 10.00. The Morgan fingerprint density at radius 1 is 1.06 bits per heavy atom. The van der Waals surface area contributed by atoms with Crippen molar-refractivity contribution in [2.45, 2.75) is 37.6 Å². The topological polar surface area (TPSA) is 74.8 Å². The third kappa shape index (κ3) is 4.88. The molecule has 1 amide bonds. The fourth-order valence-corrected chi connectivity index (χ4v) is 5.36. The van der Waals surface area contributed by atoms with Gasteiger partial charge in [0.2, 0.25) is 15.9 Å². The lowest BCUT2D eigenvalue weighted by atomic mass is 9.95. The SMILES string of the molecule is CC(=O)c1cccc(S(=O)(=O)N2CCC(C(=O)N(C)C(C)c3ccc(F)c(F)c3)CC2)c1. The lowest BCUT2D eigenvalue weighted by Crippen LogP contribution is -2.44. The molecular weight excluding hydrogens is 438 g/mol. The van der Waals surface area contributed by atoms with E-state index in [0.717, 1.165) is 12.1 Å². The van der Waals surface area contributed by atoms with E-state index in [9.17, 15) is 26.8 Å². The van der Waals surface area contributed by atoms with Gasteiger partial charge in [0.15, 0.2) is 17.4 Å². The van der Waals surface area contributed by atoms with E-state index in [4.69, 9.17) is 0 Å². The maximum absolute atomic E-state index is 13.6. The van der Waals surface area contributed by atoms with Crippen LogP contribution < -0.4 is 0 Å². The molecule has 0 saturated carbocycles. The van der Waals surface area contributed by atoms with Crippen LogP contribution in [0, 0.1) is 17.6 Å². The molecule has 172 valence electrons. The van der Waals surface area contributed by atoms with Gasteiger partial charge in [-0.1, -0.05) is 18.2 Å². The highest BCUT2D eigenvalue weighted by atomic mass is 32.2. The number of carbonyl (C=O) groups is 2. The van der Waals surface area contributed by atoms with Crippen molar-refractivity contribution >= 4 is 21.7 Å². The number of Topliss-reactive ketones (excluding diaryl/α,β-unsaturated/α-hetero) is 1. The Kier molecular flexibility index (Phi) is 7.09. The Labute approximate surface area is 186 Å². The Hall–Kier alpha value is -2.65. The first-order valence-electron chi connectivity index (χ1n) is 10.3. The molecule has 0 spiro atoms. The second-order valence-electron chi connectivity index (χ2n) is 8.06. The zero-order chi connectivity index (χ0) is 23.6. The highest BCUT2D eigenvalue weighted by Gasteiger charge is 2.34. The van der Waals surface area contributed by atoms with Crippen molar-refractivity contribution in [3.63, 3.8) is 0 Å². The first-order chi connectivity index (χ1) is 15.0. The molecule has 2 aromatic rings. The number of benzene rings is 2. The number of hydrogen-bond donors (Lipinski definition) is 0. The molecule has 1 aliphatic rings. The third-order valence-electron chi connectivity index (χ3n) is 6.04. The number of sulfonamides is 1. The van der Waals surface area contributed by atoms with Crippen molar-refractivity contribution in [2.24, 2.45) is 5.92 Å². The molecular formula is C23H26F2N2O4S. The number of piperidine rings is 1. The fraction of sp³-hybridized carbons (Fsp3) is 0.391. The van der Waals surface area contributed by atoms with Gasteiger partial charge < -0.3 is 4.90 Å². The van der Waals surface area contributed by atoms with Gasteiger partial charge in [0.25, 0.3) is 0 Å². The van der Waals surface area contributed by atoms with E-state index in [1.165, 1.54) is 40.4 Å². The number of halogens is 2. The van der Waals surface area contributed by atoms with Gasteiger partial charge in [-0.3, -0.25) is 9.59 Å². The van der Waals surface area contributed by atoms with Crippen LogP contribution in [0.2, 0.25) is 0 Å². The van der Waals surface area contributed by atoms with E-state index in [-0.39, 0.29) is 35.6 Å². The highest BCUT2D eigenvalue weighted by Crippen LogP contribution is 2.28. The van der Waals surface area contributed by atoms with Crippen LogP contribution in [0.4, 0.5) is 8.78 Å². The highest BCUT2D eigenvalue weighted by molar-refractivity contribution is 7.89. The van der Waals surface area contributed by atoms with Gasteiger partial charge in [-0.25, -0.2) is 17.2 Å². The molecule has 0 bridgehead atoms. The number of hydrogen-bond acceptors (Lipinski definition) is 4. The smallest absolute Gasteiger partial charge is 0.243 e. The standard InChI is InChI=1S/C23H26F2N2O4S/c1-15(18-7-8-21(24)22(25)14-18)26(3)23(29)17-9-11-27(12-10-17)32(30,31)20-6-4-5-19(13-20)16(2)28/h4-8,13-15,17H,9-12H2,1-3H3. The molecule has 0 aromatic heterocycles. The van der Waals surface area contributed by atoms with Crippen molar-refractivity contribution in [2.75, 3.05) is 20.1 Å². The number of rotatable bonds is 6. The molecule has 0 N–H and O–H groups in total. The minimum Gasteiger partial charge on any atom is -0.339 e. The molecule has 1 unspecified atom stereocenters. The summed E-state index contributed by atoms with van der Waals surface area (Å²) in [6, 6.07) is 9.01. The van der Waals surface area contributed by atoms with Crippen LogP contribution in [0.15, 0.2) is 47.4 Å². The lowest BCUT2D eigenvalue weighted by molar-refractivity contribution is -0.137. The van der Waals surface area contributed by atoms with E-state index < -0.39 is 27.7 Å². The van der Waals surface area contributed by atoms with Gasteiger partial charge in [-0.2, -0.15) is 4.31 Å². The molecule has 6 nitrogen and oxygen atoms in total. The molecule has 2 aromatic carbocycles. The zero-order valence-electron chi connectivity index (χ0n) is 18.2. The van der Waals surface area contributed by atoms with Crippen molar-refractivity contribution in [3.8, 4) is 0 Å². The van der Waals surface area contributed by atoms with Crippen molar-refractivity contribution in [3.05, 3.63) is 65.2 Å². The molecule has 3 rings (SSSR count). The molecule has 1 fully saturated rings. The number of nitrogens with zero attached hydrogens (tertiary/aromatic N) is 2. The summed E-state index contributed by atoms with van der Waals surface area (Å²) < 4.78 is 54.1. The molecule has 0 aliphatic carbocycles. The molecule has 1 atom stereocenters. The second kappa shape index (κ2) is 9.46. The first-order valence-corrected chi connectivity index (χ1v) is 11.8. The van der Waals surface area contributed by atoms with Gasteiger partial charge in [0.1, 0.15) is 0 Å². The number of amides is 1. The van der Waals surface area contributed by atoms with Crippen LogP contribution in [-0.2, 0) is 14.8 Å². The van der Waals surface area contributed by atoms with Gasteiger partial charge >= 0.3 is 0 Å². The summed E-state index contributed by atoms with van der Waals surface area (Å²) >= 11 is 0. The zero-order valence-corrected chi connectivity index (χ0v) is 19.0. The van der Waals surface area contributed by atoms with E-state index in [2.05, 4.69) is 0 Å². The lowest BCUT2D eigenvalue weighted by Gasteiger charge is -2.34. The largest absolute Gasteiger partial charge is 0.339 e. The molecule has 0 radical (unpaired) electrons. The quantitative estimate of drug-likeness (QED) is 0.610. The molecule has 9 heteroatoms. The predicted molar refractivity (Wildman–Crippen MR) is 115 cm³/mol. The van der Waals surface area contributed by atoms with E-state index in [1.54, 1.807) is 20.0 Å². The summed E-state index contributed by atoms with van der Waals surface area (Å²) in [6.45, 7) is 3.46. The Balaban J connectivity index is 1.66. The third-order valence-corrected chi connectivity index (χ3v) is 7.93. The van der Waals surface area contributed by atoms with Crippen LogP contribution in [0.1, 0.15) is 48.7 Å². The average molecular weight is 465 g/mol. The summed E-state index contributed by atoms with van der Waals surface area (Å²) in [5.41, 5.74) is 0.800. The van der Waals surface area contributed by atoms with Crippen LogP contribution >= 0.6 is 0 Å². The maximum Gasteiger partial charge on any atom is 0.243 e. The van der Waals surface area contributed by atoms with Crippen molar-refractivity contribution in [1.82, 2.24) is 9.21 Å². The summed E-state index contributed by atoms with van der Waals surface area (Å²) in [6.07, 6.45) is 0.693. The maximum atomic E-state index is 13.6. The van der Waals surface area contributed by atoms with Crippen LogP contribution in [0.25, 0.3) is 0 Å². The Bertz CT molecular complexity index is 1130. The Morgan fingerprint density at radius 3 is 2.31 bits per heavy atom. The monoisotopic (exact) mass is 464 g/mol. The number of ketones is 1. The minimum absolute atomic E-state index is 0.0547. The van der Waals surface area contributed by atoms with Gasteiger partial charge in [0, 0.05) is 31.6 Å². The van der Waals surface area contributed by atoms with E-state index in [0.29, 0.717) is 24.0 Å². The summed E-state index contributed by atoms with van der Waals surface area (Å²) in [7, 11) is -2.17. The number of carbonyl (C=O) groups excluding carboxylic acids is 2. The van der Waals surface area contributed by atoms with E-state index in [1.807, 2.05) is 0 Å². The van der Waals surface area contributed by atoms with Crippen LogP contribution in [-0.4, -0.2) is 49.5 Å². The van der Waals surface area contributed by atoms with Crippen molar-refractivity contribution in [1.29, 1.82) is 0 Å². The summed E-state index contributed by atoms with van der Waals surface area (Å²) in [5, 5.41) is 0. The van der Waals surface area contributed by atoms with Crippen molar-refractivity contribution < 1.29 is 26.8 Å².